The van der Waals surface area contributed by atoms with E-state index in [4.69, 9.17) is 25.8 Å². The van der Waals surface area contributed by atoms with Crippen LogP contribution in [0.1, 0.15) is 68.4 Å². The highest BCUT2D eigenvalue weighted by Crippen LogP contribution is 2.45. The maximum atomic E-state index is 14.4. The highest BCUT2D eigenvalue weighted by atomic mass is 35.5. The van der Waals surface area contributed by atoms with Crippen molar-refractivity contribution in [2.24, 2.45) is 5.41 Å². The van der Waals surface area contributed by atoms with Gasteiger partial charge in [0.25, 0.3) is 5.91 Å². The number of hydrogen-bond acceptors (Lipinski definition) is 6. The molecule has 2 amide bonds. The highest BCUT2D eigenvalue weighted by molar-refractivity contribution is 6.30. The summed E-state index contributed by atoms with van der Waals surface area (Å²) < 4.78 is 19.0. The van der Waals surface area contributed by atoms with E-state index in [0.29, 0.717) is 59.5 Å². The number of carbonyl (C=O) groups excluding carboxylic acids is 2. The largest absolute Gasteiger partial charge is 0.492 e. The van der Waals surface area contributed by atoms with Crippen molar-refractivity contribution in [2.75, 3.05) is 44.8 Å². The number of hydrogen-bond donors (Lipinski definition) is 2. The van der Waals surface area contributed by atoms with E-state index in [-0.39, 0.29) is 36.1 Å². The fraction of sp³-hybridized carbons (Fsp3) is 0.395. The third-order valence-electron chi connectivity index (χ3n) is 8.90. The lowest BCUT2D eigenvalue weighted by molar-refractivity contribution is -0.138. The molecule has 0 aliphatic carbocycles. The Hall–Kier alpha value is -4.08. The van der Waals surface area contributed by atoms with Crippen LogP contribution in [0.4, 0.5) is 5.69 Å². The number of benzene rings is 4. The van der Waals surface area contributed by atoms with Crippen LogP contribution in [0.25, 0.3) is 0 Å². The Morgan fingerprint density at radius 1 is 0.849 bits per heavy atom. The van der Waals surface area contributed by atoms with Gasteiger partial charge in [-0.3, -0.25) is 9.59 Å². The smallest absolute Gasteiger partial charge is 0.256 e. The first kappa shape index (κ1) is 41.7. The van der Waals surface area contributed by atoms with Crippen molar-refractivity contribution in [1.29, 1.82) is 0 Å². The van der Waals surface area contributed by atoms with Crippen molar-refractivity contribution < 1.29 is 23.8 Å². The van der Waals surface area contributed by atoms with Gasteiger partial charge in [-0.25, -0.2) is 0 Å². The molecule has 5 rings (SSSR count). The molecule has 0 saturated heterocycles. The van der Waals surface area contributed by atoms with Crippen molar-refractivity contribution in [3.05, 3.63) is 124 Å². The zero-order valence-electron chi connectivity index (χ0n) is 31.2. The number of rotatable bonds is 17. The topological polar surface area (TPSA) is 89.1 Å². The van der Waals surface area contributed by atoms with Gasteiger partial charge < -0.3 is 29.7 Å². The minimum atomic E-state index is -1.06. The van der Waals surface area contributed by atoms with Gasteiger partial charge in [-0.1, -0.05) is 105 Å². The Morgan fingerprint density at radius 2 is 1.53 bits per heavy atom. The molecule has 2 atom stereocenters. The van der Waals surface area contributed by atoms with Crippen LogP contribution in [0.5, 0.6) is 11.5 Å². The van der Waals surface area contributed by atoms with Crippen LogP contribution in [0.15, 0.2) is 97.1 Å². The quantitative estimate of drug-likeness (QED) is 0.105. The Balaban J connectivity index is 0.00000627. The molecule has 1 aliphatic heterocycles. The molecule has 4 aromatic rings. The van der Waals surface area contributed by atoms with E-state index in [1.54, 1.807) is 18.1 Å². The van der Waals surface area contributed by atoms with E-state index in [1.807, 2.05) is 66.7 Å². The molecule has 0 spiro atoms. The molecular weight excluding hydrogens is 709 g/mol. The van der Waals surface area contributed by atoms with Gasteiger partial charge in [0.15, 0.2) is 11.5 Å². The lowest BCUT2D eigenvalue weighted by Crippen LogP contribution is -2.45. The van der Waals surface area contributed by atoms with E-state index in [0.717, 1.165) is 37.9 Å². The summed E-state index contributed by atoms with van der Waals surface area (Å²) in [5.41, 5.74) is 4.32. The number of halogens is 2. The van der Waals surface area contributed by atoms with E-state index < -0.39 is 12.2 Å². The standard InChI is InChI=1S/C43H52ClN3O5.ClH/c1-43(2,3)30-47-36-22-21-33(44)28-35(36)40(52-38(42(47)49)29-39(48)46-26-23-32-16-9-6-10-17-32)34-19-11-20-37(41(34)50-4)51-27-13-25-45-24-12-18-31-14-7-5-8-15-31;/h5-11,14-17,19-22,28,38,40,45H,12-13,18,23-27,29-30H2,1-4H3,(H,46,48);1H. The van der Waals surface area contributed by atoms with E-state index in [2.05, 4.69) is 55.7 Å². The number of amides is 2. The fourth-order valence-corrected chi connectivity index (χ4v) is 6.63. The third kappa shape index (κ3) is 12.2. The van der Waals surface area contributed by atoms with Crippen LogP contribution in [0.3, 0.4) is 0 Å². The normalized spacial score (nSPS) is 15.6. The lowest BCUT2D eigenvalue weighted by Gasteiger charge is -2.31. The predicted molar refractivity (Wildman–Crippen MR) is 216 cm³/mol. The van der Waals surface area contributed by atoms with Gasteiger partial charge in [0, 0.05) is 34.9 Å². The minimum Gasteiger partial charge on any atom is -0.492 e. The SMILES string of the molecule is COc1c(OCCCNCCCc2ccccc2)cccc1C1OC(CC(=O)NCCc2ccccc2)C(=O)N(CC(C)(C)C)c2ccc(Cl)cc21.Cl. The van der Waals surface area contributed by atoms with Gasteiger partial charge in [-0.15, -0.1) is 12.4 Å². The summed E-state index contributed by atoms with van der Waals surface area (Å²) in [5, 5.41) is 7.01. The molecule has 53 heavy (non-hydrogen) atoms. The first-order valence-corrected chi connectivity index (χ1v) is 18.6. The number of nitrogens with one attached hydrogen (secondary N) is 2. The molecule has 1 heterocycles. The second kappa shape index (κ2) is 20.4. The molecule has 284 valence electrons. The average molecular weight is 763 g/mol. The number of carbonyl (C=O) groups is 2. The summed E-state index contributed by atoms with van der Waals surface area (Å²) in [6, 6.07) is 31.6. The van der Waals surface area contributed by atoms with Crippen LogP contribution >= 0.6 is 24.0 Å². The van der Waals surface area contributed by atoms with Gasteiger partial charge in [0.2, 0.25) is 5.91 Å². The van der Waals surface area contributed by atoms with E-state index in [9.17, 15) is 9.59 Å². The summed E-state index contributed by atoms with van der Waals surface area (Å²) in [6.07, 6.45) is 1.65. The van der Waals surface area contributed by atoms with Crippen molar-refractivity contribution in [3.8, 4) is 11.5 Å². The number of para-hydroxylation sites is 1. The van der Waals surface area contributed by atoms with Crippen molar-refractivity contribution in [2.45, 2.75) is 65.1 Å². The summed E-state index contributed by atoms with van der Waals surface area (Å²) in [7, 11) is 1.60. The number of anilines is 1. The third-order valence-corrected chi connectivity index (χ3v) is 9.13. The zero-order chi connectivity index (χ0) is 36.9. The maximum Gasteiger partial charge on any atom is 0.256 e. The molecule has 0 aromatic heterocycles. The average Bonchev–Trinajstić information content (AvgIpc) is 3.23. The second-order valence-corrected chi connectivity index (χ2v) is 14.8. The number of fused-ring (bicyclic) bond motifs is 1. The molecule has 0 fully saturated rings. The van der Waals surface area contributed by atoms with Gasteiger partial charge in [-0.2, -0.15) is 0 Å². The van der Waals surface area contributed by atoms with Crippen molar-refractivity contribution >= 4 is 41.5 Å². The molecule has 0 bridgehead atoms. The first-order valence-electron chi connectivity index (χ1n) is 18.2. The van der Waals surface area contributed by atoms with E-state index >= 15 is 0 Å². The second-order valence-electron chi connectivity index (χ2n) is 14.4. The monoisotopic (exact) mass is 761 g/mol. The van der Waals surface area contributed by atoms with Crippen LogP contribution < -0.4 is 25.0 Å². The van der Waals surface area contributed by atoms with Gasteiger partial charge in [0.05, 0.1) is 20.1 Å². The Morgan fingerprint density at radius 3 is 2.21 bits per heavy atom. The fourth-order valence-electron chi connectivity index (χ4n) is 6.45. The molecule has 4 aromatic carbocycles. The van der Waals surface area contributed by atoms with Crippen LogP contribution in [-0.2, 0) is 27.2 Å². The molecule has 2 unspecified atom stereocenters. The lowest BCUT2D eigenvalue weighted by atomic mass is 9.94. The molecule has 1 aliphatic rings. The maximum absolute atomic E-state index is 14.4. The number of nitrogens with zero attached hydrogens (tertiary/aromatic N) is 1. The molecule has 8 nitrogen and oxygen atoms in total. The Kier molecular flexibility index (Phi) is 16.0. The van der Waals surface area contributed by atoms with Crippen LogP contribution in [-0.4, -0.2) is 57.8 Å². The van der Waals surface area contributed by atoms with Gasteiger partial charge in [0.1, 0.15) is 12.2 Å². The molecule has 0 radical (unpaired) electrons. The number of aryl methyl sites for hydroxylation is 1. The Labute approximate surface area is 326 Å². The van der Waals surface area contributed by atoms with Crippen LogP contribution in [0, 0.1) is 5.41 Å². The van der Waals surface area contributed by atoms with Crippen molar-refractivity contribution in [1.82, 2.24) is 10.6 Å². The predicted octanol–water partition coefficient (Wildman–Crippen LogP) is 8.38. The van der Waals surface area contributed by atoms with Crippen LogP contribution in [0.2, 0.25) is 5.02 Å². The first-order chi connectivity index (χ1) is 25.1. The molecule has 2 N–H and O–H groups in total. The van der Waals surface area contributed by atoms with E-state index in [1.165, 1.54) is 5.56 Å². The minimum absolute atomic E-state index is 0. The van der Waals surface area contributed by atoms with Gasteiger partial charge in [-0.05, 0) is 79.6 Å². The summed E-state index contributed by atoms with van der Waals surface area (Å²) in [5.74, 6) is 0.554. The highest BCUT2D eigenvalue weighted by Gasteiger charge is 2.40. The molecule has 0 saturated carbocycles. The summed E-state index contributed by atoms with van der Waals surface area (Å²) >= 11 is 6.61. The Bertz CT molecular complexity index is 1750. The number of ether oxygens (including phenoxy) is 3. The molecular formula is C43H53Cl2N3O5. The summed E-state index contributed by atoms with van der Waals surface area (Å²) in [4.78, 5) is 29.5. The zero-order valence-corrected chi connectivity index (χ0v) is 32.8. The summed E-state index contributed by atoms with van der Waals surface area (Å²) in [6.45, 7) is 9.36. The molecule has 10 heteroatoms. The number of methoxy groups -OCH3 is 1. The van der Waals surface area contributed by atoms with Gasteiger partial charge >= 0.3 is 0 Å². The van der Waals surface area contributed by atoms with Crippen molar-refractivity contribution in [3.63, 3.8) is 0 Å².